The van der Waals surface area contributed by atoms with Crippen molar-refractivity contribution in [3.63, 3.8) is 0 Å². The summed E-state index contributed by atoms with van der Waals surface area (Å²) >= 11 is 0. The Labute approximate surface area is 104 Å². The molecule has 1 aliphatic carbocycles. The first-order valence-electron chi connectivity index (χ1n) is 6.95. The molecule has 0 radical (unpaired) electrons. The molecular weight excluding hydrogens is 210 g/mol. The first-order chi connectivity index (χ1) is 8.33. The van der Waals surface area contributed by atoms with Gasteiger partial charge in [0.2, 0.25) is 0 Å². The molecule has 1 fully saturated rings. The van der Waals surface area contributed by atoms with Crippen molar-refractivity contribution in [2.24, 2.45) is 0 Å². The van der Waals surface area contributed by atoms with Crippen LogP contribution < -0.4 is 5.32 Å². The van der Waals surface area contributed by atoms with Gasteiger partial charge in [0.15, 0.2) is 0 Å². The van der Waals surface area contributed by atoms with Crippen LogP contribution >= 0.6 is 0 Å². The van der Waals surface area contributed by atoms with Gasteiger partial charge in [0.1, 0.15) is 11.6 Å². The third-order valence-corrected chi connectivity index (χ3v) is 3.40. The Bertz CT molecular complexity index is 332. The number of aryl methyl sites for hydroxylation is 1. The average molecular weight is 233 g/mol. The molecule has 1 aromatic rings. The lowest BCUT2D eigenvalue weighted by molar-refractivity contribution is 0.680. The summed E-state index contributed by atoms with van der Waals surface area (Å²) in [6.07, 6.45) is 7.41. The molecule has 17 heavy (non-hydrogen) atoms. The minimum absolute atomic E-state index is 0.672. The molecule has 0 aromatic carbocycles. The highest BCUT2D eigenvalue weighted by Crippen LogP contribution is 2.33. The molecule has 0 amide bonds. The zero-order chi connectivity index (χ0) is 12.1. The zero-order valence-corrected chi connectivity index (χ0v) is 11.0. The smallest absolute Gasteiger partial charge is 0.131 e. The van der Waals surface area contributed by atoms with Gasteiger partial charge in [-0.2, -0.15) is 0 Å². The van der Waals surface area contributed by atoms with E-state index in [4.69, 9.17) is 4.98 Å². The normalized spacial score (nSPS) is 16.4. The molecule has 3 nitrogen and oxygen atoms in total. The molecule has 1 aromatic heterocycles. The highest BCUT2D eigenvalue weighted by Gasteiger charge is 2.19. The Hall–Kier alpha value is -1.12. The lowest BCUT2D eigenvalue weighted by Crippen LogP contribution is -2.08. The molecule has 0 spiro atoms. The van der Waals surface area contributed by atoms with Crippen molar-refractivity contribution < 1.29 is 0 Å². The van der Waals surface area contributed by atoms with Crippen molar-refractivity contribution >= 4 is 5.82 Å². The Kier molecular flexibility index (Phi) is 4.35. The molecule has 0 aliphatic heterocycles. The second-order valence-corrected chi connectivity index (χ2v) is 4.86. The minimum atomic E-state index is 0.672. The fourth-order valence-corrected chi connectivity index (χ4v) is 2.56. The van der Waals surface area contributed by atoms with E-state index in [1.54, 1.807) is 0 Å². The van der Waals surface area contributed by atoms with Crippen molar-refractivity contribution in [1.82, 2.24) is 9.97 Å². The molecule has 0 saturated heterocycles. The van der Waals surface area contributed by atoms with Gasteiger partial charge in [-0.15, -0.1) is 0 Å². The Balaban J connectivity index is 2.22. The largest absolute Gasteiger partial charge is 0.370 e. The SMILES string of the molecule is CCCc1nc(NCC)cc(C2CCCC2)n1. The molecule has 0 atom stereocenters. The van der Waals surface area contributed by atoms with E-state index in [0.29, 0.717) is 5.92 Å². The molecule has 1 aliphatic rings. The number of aromatic nitrogens is 2. The number of anilines is 1. The standard InChI is InChI=1S/C14H23N3/c1-3-7-13-16-12(11-8-5-6-9-11)10-14(17-13)15-4-2/h10-11H,3-9H2,1-2H3,(H,15,16,17). The van der Waals surface area contributed by atoms with Crippen LogP contribution in [0.15, 0.2) is 6.07 Å². The monoisotopic (exact) mass is 233 g/mol. The van der Waals surface area contributed by atoms with E-state index < -0.39 is 0 Å². The molecule has 1 saturated carbocycles. The number of rotatable bonds is 5. The molecule has 94 valence electrons. The first-order valence-corrected chi connectivity index (χ1v) is 6.95. The lowest BCUT2D eigenvalue weighted by Gasteiger charge is -2.12. The predicted octanol–water partition coefficient (Wildman–Crippen LogP) is 3.52. The highest BCUT2D eigenvalue weighted by molar-refractivity contribution is 5.37. The quantitative estimate of drug-likeness (QED) is 0.845. The van der Waals surface area contributed by atoms with Crippen LogP contribution in [0.4, 0.5) is 5.82 Å². The third kappa shape index (κ3) is 3.18. The third-order valence-electron chi connectivity index (χ3n) is 3.40. The second kappa shape index (κ2) is 5.99. The van der Waals surface area contributed by atoms with Gasteiger partial charge in [0.25, 0.3) is 0 Å². The van der Waals surface area contributed by atoms with E-state index in [2.05, 4.69) is 30.2 Å². The van der Waals surface area contributed by atoms with Gasteiger partial charge in [-0.1, -0.05) is 19.8 Å². The Morgan fingerprint density at radius 3 is 2.65 bits per heavy atom. The van der Waals surface area contributed by atoms with Crippen molar-refractivity contribution in [2.75, 3.05) is 11.9 Å². The number of nitrogens with zero attached hydrogens (tertiary/aromatic N) is 2. The van der Waals surface area contributed by atoms with Crippen molar-refractivity contribution in [2.45, 2.75) is 58.3 Å². The molecule has 2 rings (SSSR count). The summed E-state index contributed by atoms with van der Waals surface area (Å²) < 4.78 is 0. The fourth-order valence-electron chi connectivity index (χ4n) is 2.56. The molecule has 0 bridgehead atoms. The van der Waals surface area contributed by atoms with Crippen LogP contribution in [0.5, 0.6) is 0 Å². The Morgan fingerprint density at radius 2 is 2.00 bits per heavy atom. The van der Waals surface area contributed by atoms with Gasteiger partial charge in [0, 0.05) is 30.6 Å². The number of hydrogen-bond donors (Lipinski definition) is 1. The van der Waals surface area contributed by atoms with Crippen LogP contribution in [-0.4, -0.2) is 16.5 Å². The van der Waals surface area contributed by atoms with Crippen LogP contribution in [0.3, 0.4) is 0 Å². The maximum absolute atomic E-state index is 4.74. The van der Waals surface area contributed by atoms with Gasteiger partial charge in [-0.05, 0) is 26.2 Å². The van der Waals surface area contributed by atoms with Crippen LogP contribution in [0.2, 0.25) is 0 Å². The summed E-state index contributed by atoms with van der Waals surface area (Å²) in [6.45, 7) is 5.21. The van der Waals surface area contributed by atoms with E-state index in [0.717, 1.165) is 31.0 Å². The number of nitrogens with one attached hydrogen (secondary N) is 1. The highest BCUT2D eigenvalue weighted by atomic mass is 15.0. The second-order valence-electron chi connectivity index (χ2n) is 4.86. The zero-order valence-electron chi connectivity index (χ0n) is 11.0. The molecule has 1 N–H and O–H groups in total. The minimum Gasteiger partial charge on any atom is -0.370 e. The van der Waals surface area contributed by atoms with Gasteiger partial charge < -0.3 is 5.32 Å². The summed E-state index contributed by atoms with van der Waals surface area (Å²) in [4.78, 5) is 9.30. The predicted molar refractivity (Wildman–Crippen MR) is 71.4 cm³/mol. The average Bonchev–Trinajstić information content (AvgIpc) is 2.83. The first kappa shape index (κ1) is 12.3. The number of hydrogen-bond acceptors (Lipinski definition) is 3. The summed E-state index contributed by atoms with van der Waals surface area (Å²) in [5.74, 6) is 2.69. The molecule has 1 heterocycles. The van der Waals surface area contributed by atoms with Gasteiger partial charge in [0.05, 0.1) is 0 Å². The van der Waals surface area contributed by atoms with Crippen LogP contribution in [0.1, 0.15) is 63.4 Å². The van der Waals surface area contributed by atoms with Gasteiger partial charge in [-0.25, -0.2) is 9.97 Å². The fraction of sp³-hybridized carbons (Fsp3) is 0.714. The van der Waals surface area contributed by atoms with E-state index in [1.807, 2.05) is 0 Å². The lowest BCUT2D eigenvalue weighted by atomic mass is 10.0. The maximum Gasteiger partial charge on any atom is 0.131 e. The van der Waals surface area contributed by atoms with Gasteiger partial charge in [-0.3, -0.25) is 0 Å². The van der Waals surface area contributed by atoms with E-state index in [9.17, 15) is 0 Å². The van der Waals surface area contributed by atoms with Crippen LogP contribution in [-0.2, 0) is 6.42 Å². The van der Waals surface area contributed by atoms with E-state index in [1.165, 1.54) is 31.4 Å². The van der Waals surface area contributed by atoms with Crippen molar-refractivity contribution in [3.8, 4) is 0 Å². The maximum atomic E-state index is 4.74. The van der Waals surface area contributed by atoms with E-state index in [-0.39, 0.29) is 0 Å². The van der Waals surface area contributed by atoms with Crippen LogP contribution in [0.25, 0.3) is 0 Å². The summed E-state index contributed by atoms with van der Waals surface area (Å²) in [7, 11) is 0. The van der Waals surface area contributed by atoms with E-state index >= 15 is 0 Å². The summed E-state index contributed by atoms with van der Waals surface area (Å²) in [5.41, 5.74) is 1.26. The molecular formula is C14H23N3. The van der Waals surface area contributed by atoms with Crippen molar-refractivity contribution in [1.29, 1.82) is 0 Å². The Morgan fingerprint density at radius 1 is 1.24 bits per heavy atom. The summed E-state index contributed by atoms with van der Waals surface area (Å²) in [6, 6.07) is 2.15. The summed E-state index contributed by atoms with van der Waals surface area (Å²) in [5, 5.41) is 3.32. The van der Waals surface area contributed by atoms with Crippen LogP contribution in [0, 0.1) is 0 Å². The van der Waals surface area contributed by atoms with Gasteiger partial charge >= 0.3 is 0 Å². The molecule has 3 heteroatoms. The topological polar surface area (TPSA) is 37.8 Å². The molecule has 0 unspecified atom stereocenters. The van der Waals surface area contributed by atoms with Crippen molar-refractivity contribution in [3.05, 3.63) is 17.6 Å².